The summed E-state index contributed by atoms with van der Waals surface area (Å²) in [7, 11) is 0. The van der Waals surface area contributed by atoms with Crippen molar-refractivity contribution in [1.29, 1.82) is 0 Å². The van der Waals surface area contributed by atoms with E-state index in [0.29, 0.717) is 18.2 Å². The van der Waals surface area contributed by atoms with Crippen molar-refractivity contribution < 1.29 is 9.52 Å². The Bertz CT molecular complexity index is 923. The second-order valence-electron chi connectivity index (χ2n) is 6.64. The van der Waals surface area contributed by atoms with Gasteiger partial charge in [0.25, 0.3) is 0 Å². The van der Waals surface area contributed by atoms with Crippen LogP contribution in [0.15, 0.2) is 51.7 Å². The van der Waals surface area contributed by atoms with Gasteiger partial charge in [-0.3, -0.25) is 0 Å². The average molecular weight is 323 g/mol. The van der Waals surface area contributed by atoms with E-state index in [1.807, 2.05) is 24.3 Å². The quantitative estimate of drug-likeness (QED) is 0.573. The highest BCUT2D eigenvalue weighted by atomic mass is 16.4. The molecule has 0 radical (unpaired) electrons. The molecule has 2 N–H and O–H groups in total. The Hall–Kier alpha value is -2.17. The maximum atomic E-state index is 11.9. The molecule has 4 heteroatoms. The van der Waals surface area contributed by atoms with Crippen LogP contribution in [0, 0.1) is 0 Å². The summed E-state index contributed by atoms with van der Waals surface area (Å²) in [6.45, 7) is 0.636. The number of nitrogens with one attached hydrogen (secondary N) is 1. The van der Waals surface area contributed by atoms with Crippen LogP contribution in [-0.4, -0.2) is 17.3 Å². The SMILES string of the molecule is O=c1cc(CNC2CCC(O)CC2)c2c(ccc3ccccc32)o1. The van der Waals surface area contributed by atoms with Crippen LogP contribution in [0.4, 0.5) is 0 Å². The molecule has 4 nitrogen and oxygen atoms in total. The smallest absolute Gasteiger partial charge is 0.336 e. The molecule has 124 valence electrons. The molecule has 0 amide bonds. The van der Waals surface area contributed by atoms with E-state index in [9.17, 15) is 9.90 Å². The van der Waals surface area contributed by atoms with E-state index in [1.165, 1.54) is 0 Å². The average Bonchev–Trinajstić information content (AvgIpc) is 2.60. The fourth-order valence-corrected chi connectivity index (χ4v) is 3.69. The maximum Gasteiger partial charge on any atom is 0.336 e. The third-order valence-corrected chi connectivity index (χ3v) is 4.99. The summed E-state index contributed by atoms with van der Waals surface area (Å²) in [5.41, 5.74) is 1.30. The third kappa shape index (κ3) is 2.95. The van der Waals surface area contributed by atoms with Gasteiger partial charge in [-0.05, 0) is 48.1 Å². The summed E-state index contributed by atoms with van der Waals surface area (Å²) in [6.07, 6.45) is 3.48. The predicted molar refractivity (Wildman–Crippen MR) is 95.1 cm³/mol. The molecular formula is C20H21NO3. The molecular weight excluding hydrogens is 302 g/mol. The first-order chi connectivity index (χ1) is 11.7. The van der Waals surface area contributed by atoms with Gasteiger partial charge in [0.15, 0.2) is 0 Å². The minimum absolute atomic E-state index is 0.156. The predicted octanol–water partition coefficient (Wildman–Crippen LogP) is 3.34. The van der Waals surface area contributed by atoms with Crippen LogP contribution in [0.25, 0.3) is 21.7 Å². The molecule has 1 aliphatic rings. The first-order valence-corrected chi connectivity index (χ1v) is 8.56. The van der Waals surface area contributed by atoms with Crippen molar-refractivity contribution >= 4 is 21.7 Å². The normalized spacial score (nSPS) is 21.4. The summed E-state index contributed by atoms with van der Waals surface area (Å²) in [5.74, 6) is 0. The Balaban J connectivity index is 1.71. The molecule has 2 aromatic carbocycles. The van der Waals surface area contributed by atoms with Crippen molar-refractivity contribution in [3.8, 4) is 0 Å². The van der Waals surface area contributed by atoms with Crippen LogP contribution in [0.1, 0.15) is 31.2 Å². The van der Waals surface area contributed by atoms with Gasteiger partial charge in [0.1, 0.15) is 5.58 Å². The van der Waals surface area contributed by atoms with E-state index >= 15 is 0 Å². The number of aliphatic hydroxyl groups excluding tert-OH is 1. The van der Waals surface area contributed by atoms with Gasteiger partial charge in [-0.15, -0.1) is 0 Å². The molecule has 1 saturated carbocycles. The van der Waals surface area contributed by atoms with E-state index in [-0.39, 0.29) is 11.7 Å². The monoisotopic (exact) mass is 323 g/mol. The van der Waals surface area contributed by atoms with Crippen molar-refractivity contribution in [2.24, 2.45) is 0 Å². The standard InChI is InChI=1S/C20H21NO3/c22-16-8-6-15(7-9-16)21-12-14-11-19(23)24-18-10-5-13-3-1-2-4-17(13)20(14)18/h1-5,10-11,15-16,21-22H,6-9,12H2. The van der Waals surface area contributed by atoms with Crippen LogP contribution in [-0.2, 0) is 6.54 Å². The first kappa shape index (κ1) is 15.4. The molecule has 1 heterocycles. The largest absolute Gasteiger partial charge is 0.423 e. The lowest BCUT2D eigenvalue weighted by atomic mass is 9.93. The van der Waals surface area contributed by atoms with Crippen LogP contribution in [0.2, 0.25) is 0 Å². The Morgan fingerprint density at radius 1 is 1.08 bits per heavy atom. The lowest BCUT2D eigenvalue weighted by molar-refractivity contribution is 0.116. The molecule has 0 spiro atoms. The molecule has 0 atom stereocenters. The Morgan fingerprint density at radius 2 is 1.88 bits per heavy atom. The van der Waals surface area contributed by atoms with E-state index in [0.717, 1.165) is 47.4 Å². The summed E-state index contributed by atoms with van der Waals surface area (Å²) in [4.78, 5) is 11.9. The number of hydrogen-bond donors (Lipinski definition) is 2. The van der Waals surface area contributed by atoms with Crippen molar-refractivity contribution in [2.45, 2.75) is 44.4 Å². The van der Waals surface area contributed by atoms with Crippen LogP contribution in [0.5, 0.6) is 0 Å². The van der Waals surface area contributed by atoms with Crippen LogP contribution < -0.4 is 10.9 Å². The highest BCUT2D eigenvalue weighted by Crippen LogP contribution is 2.27. The topological polar surface area (TPSA) is 62.5 Å². The zero-order valence-corrected chi connectivity index (χ0v) is 13.5. The maximum absolute atomic E-state index is 11.9. The van der Waals surface area contributed by atoms with Gasteiger partial charge in [0.2, 0.25) is 0 Å². The van der Waals surface area contributed by atoms with Crippen molar-refractivity contribution in [2.75, 3.05) is 0 Å². The summed E-state index contributed by atoms with van der Waals surface area (Å²) in [6, 6.07) is 14.0. The molecule has 24 heavy (non-hydrogen) atoms. The second-order valence-corrected chi connectivity index (χ2v) is 6.64. The van der Waals surface area contributed by atoms with E-state index in [4.69, 9.17) is 4.42 Å². The number of hydrogen-bond acceptors (Lipinski definition) is 4. The van der Waals surface area contributed by atoms with E-state index in [1.54, 1.807) is 6.07 Å². The van der Waals surface area contributed by atoms with E-state index in [2.05, 4.69) is 17.4 Å². The van der Waals surface area contributed by atoms with Gasteiger partial charge >= 0.3 is 5.63 Å². The molecule has 0 bridgehead atoms. The Labute approximate surface area is 140 Å². The Kier molecular flexibility index (Phi) is 4.08. The minimum Gasteiger partial charge on any atom is -0.423 e. The Morgan fingerprint density at radius 3 is 2.71 bits per heavy atom. The molecule has 3 aromatic rings. The molecule has 0 saturated heterocycles. The highest BCUT2D eigenvalue weighted by molar-refractivity contribution is 6.07. The van der Waals surface area contributed by atoms with Crippen LogP contribution >= 0.6 is 0 Å². The van der Waals surface area contributed by atoms with Gasteiger partial charge < -0.3 is 14.8 Å². The number of rotatable bonds is 3. The third-order valence-electron chi connectivity index (χ3n) is 4.99. The first-order valence-electron chi connectivity index (χ1n) is 8.56. The summed E-state index contributed by atoms with van der Waals surface area (Å²) >= 11 is 0. The number of aliphatic hydroxyl groups is 1. The molecule has 1 fully saturated rings. The highest BCUT2D eigenvalue weighted by Gasteiger charge is 2.19. The summed E-state index contributed by atoms with van der Waals surface area (Å²) in [5, 5.41) is 16.4. The van der Waals surface area contributed by atoms with Crippen molar-refractivity contribution in [3.63, 3.8) is 0 Å². The molecule has 4 rings (SSSR count). The van der Waals surface area contributed by atoms with Gasteiger partial charge in [-0.1, -0.05) is 30.3 Å². The van der Waals surface area contributed by atoms with Gasteiger partial charge in [-0.2, -0.15) is 0 Å². The molecule has 1 aromatic heterocycles. The molecule has 0 aliphatic heterocycles. The van der Waals surface area contributed by atoms with Gasteiger partial charge in [-0.25, -0.2) is 4.79 Å². The molecule has 0 unspecified atom stereocenters. The zero-order valence-electron chi connectivity index (χ0n) is 13.5. The second kappa shape index (κ2) is 6.38. The lowest BCUT2D eigenvalue weighted by Gasteiger charge is -2.26. The van der Waals surface area contributed by atoms with E-state index < -0.39 is 0 Å². The van der Waals surface area contributed by atoms with Crippen molar-refractivity contribution in [3.05, 3.63) is 58.4 Å². The zero-order chi connectivity index (χ0) is 16.5. The van der Waals surface area contributed by atoms with Gasteiger partial charge in [0.05, 0.1) is 6.10 Å². The number of fused-ring (bicyclic) bond motifs is 3. The number of benzene rings is 2. The molecule has 1 aliphatic carbocycles. The summed E-state index contributed by atoms with van der Waals surface area (Å²) < 4.78 is 5.40. The fraction of sp³-hybridized carbons (Fsp3) is 0.350. The van der Waals surface area contributed by atoms with Gasteiger partial charge in [0, 0.05) is 24.0 Å². The van der Waals surface area contributed by atoms with Crippen LogP contribution in [0.3, 0.4) is 0 Å². The fourth-order valence-electron chi connectivity index (χ4n) is 3.69. The van der Waals surface area contributed by atoms with Crippen molar-refractivity contribution in [1.82, 2.24) is 5.32 Å². The minimum atomic E-state index is -0.311. The lowest BCUT2D eigenvalue weighted by Crippen LogP contribution is -2.34.